The molecule has 2 aliphatic rings. The van der Waals surface area contributed by atoms with Crippen molar-refractivity contribution in [2.24, 2.45) is 11.3 Å². The Morgan fingerprint density at radius 2 is 1.88 bits per heavy atom. The summed E-state index contributed by atoms with van der Waals surface area (Å²) in [6, 6.07) is 0. The molecule has 1 aliphatic carbocycles. The van der Waals surface area contributed by atoms with Gasteiger partial charge in [-0.2, -0.15) is 0 Å². The van der Waals surface area contributed by atoms with E-state index < -0.39 is 0 Å². The second-order valence-electron chi connectivity index (χ2n) is 6.06. The van der Waals surface area contributed by atoms with Gasteiger partial charge in [-0.25, -0.2) is 0 Å². The van der Waals surface area contributed by atoms with E-state index in [2.05, 4.69) is 18.7 Å². The lowest BCUT2D eigenvalue weighted by atomic mass is 9.74. The molecule has 0 radical (unpaired) electrons. The largest absolute Gasteiger partial charge is 0.393 e. The molecular weight excluding hydrogens is 198 g/mol. The number of likely N-dealkylation sites (tertiary alicyclic amines) is 1. The number of hydrogen-bond donors (Lipinski definition) is 1. The summed E-state index contributed by atoms with van der Waals surface area (Å²) in [6.45, 7) is 8.48. The zero-order valence-electron chi connectivity index (χ0n) is 10.9. The molecule has 1 aliphatic heterocycles. The van der Waals surface area contributed by atoms with Crippen LogP contribution in [0.1, 0.15) is 52.4 Å². The van der Waals surface area contributed by atoms with Gasteiger partial charge in [0.1, 0.15) is 0 Å². The van der Waals surface area contributed by atoms with Crippen LogP contribution < -0.4 is 0 Å². The topological polar surface area (TPSA) is 23.5 Å². The summed E-state index contributed by atoms with van der Waals surface area (Å²) in [5.74, 6) is 0.760. The molecule has 2 unspecified atom stereocenters. The van der Waals surface area contributed by atoms with E-state index in [9.17, 15) is 5.11 Å². The van der Waals surface area contributed by atoms with Gasteiger partial charge < -0.3 is 10.0 Å². The number of aliphatic hydroxyl groups is 1. The van der Waals surface area contributed by atoms with Crippen LogP contribution >= 0.6 is 0 Å². The number of aliphatic hydroxyl groups excluding tert-OH is 1. The average molecular weight is 225 g/mol. The van der Waals surface area contributed by atoms with Gasteiger partial charge in [-0.05, 0) is 43.4 Å². The predicted molar refractivity (Wildman–Crippen MR) is 67.4 cm³/mol. The van der Waals surface area contributed by atoms with Gasteiger partial charge in [0.25, 0.3) is 0 Å². The van der Waals surface area contributed by atoms with Crippen LogP contribution in [-0.2, 0) is 0 Å². The fourth-order valence-corrected chi connectivity index (χ4v) is 3.52. The minimum atomic E-state index is -0.0119. The molecule has 1 N–H and O–H groups in total. The maximum atomic E-state index is 9.66. The average Bonchev–Trinajstić information content (AvgIpc) is 2.23. The molecule has 1 saturated heterocycles. The van der Waals surface area contributed by atoms with E-state index in [-0.39, 0.29) is 6.10 Å². The summed E-state index contributed by atoms with van der Waals surface area (Å²) < 4.78 is 0. The van der Waals surface area contributed by atoms with Gasteiger partial charge in [0, 0.05) is 19.6 Å². The van der Waals surface area contributed by atoms with Crippen molar-refractivity contribution in [3.8, 4) is 0 Å². The number of nitrogens with zero attached hydrogens (tertiary/aromatic N) is 1. The van der Waals surface area contributed by atoms with Crippen molar-refractivity contribution < 1.29 is 5.11 Å². The van der Waals surface area contributed by atoms with Crippen LogP contribution in [0.4, 0.5) is 0 Å². The fraction of sp³-hybridized carbons (Fsp3) is 1.00. The third-order valence-corrected chi connectivity index (χ3v) is 4.89. The molecule has 0 aromatic heterocycles. The van der Waals surface area contributed by atoms with Gasteiger partial charge in [-0.1, -0.05) is 20.3 Å². The molecule has 2 nitrogen and oxygen atoms in total. The molecule has 16 heavy (non-hydrogen) atoms. The SMILES string of the molecule is CCC1(CC)CN(CC2CCCC(O)C2)C1. The summed E-state index contributed by atoms with van der Waals surface area (Å²) in [5.41, 5.74) is 0.632. The molecule has 1 saturated carbocycles. The van der Waals surface area contributed by atoms with Crippen LogP contribution in [0, 0.1) is 11.3 Å². The van der Waals surface area contributed by atoms with Crippen LogP contribution in [0.5, 0.6) is 0 Å². The molecule has 0 aromatic carbocycles. The zero-order valence-corrected chi connectivity index (χ0v) is 10.9. The van der Waals surface area contributed by atoms with E-state index >= 15 is 0 Å². The quantitative estimate of drug-likeness (QED) is 0.795. The van der Waals surface area contributed by atoms with E-state index in [4.69, 9.17) is 0 Å². The van der Waals surface area contributed by atoms with Crippen molar-refractivity contribution in [2.45, 2.75) is 58.5 Å². The first-order valence-electron chi connectivity index (χ1n) is 7.08. The van der Waals surface area contributed by atoms with Crippen molar-refractivity contribution in [1.29, 1.82) is 0 Å². The highest BCUT2D eigenvalue weighted by Crippen LogP contribution is 2.38. The summed E-state index contributed by atoms with van der Waals surface area (Å²) in [6.07, 6.45) is 7.28. The third-order valence-electron chi connectivity index (χ3n) is 4.89. The second kappa shape index (κ2) is 5.05. The van der Waals surface area contributed by atoms with Gasteiger partial charge in [0.05, 0.1) is 6.10 Å². The Bertz CT molecular complexity index is 217. The zero-order chi connectivity index (χ0) is 11.6. The van der Waals surface area contributed by atoms with Crippen LogP contribution in [0.25, 0.3) is 0 Å². The Hall–Kier alpha value is -0.0800. The normalized spacial score (nSPS) is 34.7. The van der Waals surface area contributed by atoms with Crippen molar-refractivity contribution in [3.05, 3.63) is 0 Å². The predicted octanol–water partition coefficient (Wildman–Crippen LogP) is 2.66. The lowest BCUT2D eigenvalue weighted by Crippen LogP contribution is -2.57. The van der Waals surface area contributed by atoms with Crippen molar-refractivity contribution in [1.82, 2.24) is 4.90 Å². The Labute approximate surface area is 100 Å². The van der Waals surface area contributed by atoms with E-state index in [0.29, 0.717) is 5.41 Å². The first-order valence-corrected chi connectivity index (χ1v) is 7.08. The van der Waals surface area contributed by atoms with Crippen molar-refractivity contribution in [2.75, 3.05) is 19.6 Å². The Morgan fingerprint density at radius 1 is 1.19 bits per heavy atom. The molecule has 1 heterocycles. The minimum Gasteiger partial charge on any atom is -0.393 e. The molecule has 2 heteroatoms. The van der Waals surface area contributed by atoms with E-state index in [1.807, 2.05) is 0 Å². The van der Waals surface area contributed by atoms with Crippen LogP contribution in [0.2, 0.25) is 0 Å². The summed E-state index contributed by atoms with van der Waals surface area (Å²) >= 11 is 0. The lowest BCUT2D eigenvalue weighted by Gasteiger charge is -2.51. The molecule has 0 spiro atoms. The van der Waals surface area contributed by atoms with E-state index in [1.165, 1.54) is 45.3 Å². The molecule has 0 aromatic rings. The highest BCUT2D eigenvalue weighted by Gasteiger charge is 2.40. The molecule has 2 fully saturated rings. The monoisotopic (exact) mass is 225 g/mol. The van der Waals surface area contributed by atoms with E-state index in [0.717, 1.165) is 18.8 Å². The smallest absolute Gasteiger partial charge is 0.0543 e. The first-order chi connectivity index (χ1) is 7.67. The van der Waals surface area contributed by atoms with Crippen LogP contribution in [0.15, 0.2) is 0 Å². The maximum Gasteiger partial charge on any atom is 0.0543 e. The fourth-order valence-electron chi connectivity index (χ4n) is 3.52. The Morgan fingerprint density at radius 3 is 2.44 bits per heavy atom. The van der Waals surface area contributed by atoms with Crippen molar-refractivity contribution >= 4 is 0 Å². The lowest BCUT2D eigenvalue weighted by molar-refractivity contribution is -0.0264. The molecule has 94 valence electrons. The molecule has 0 amide bonds. The Balaban J connectivity index is 1.72. The molecule has 2 rings (SSSR count). The third kappa shape index (κ3) is 2.60. The van der Waals surface area contributed by atoms with Gasteiger partial charge in [0.15, 0.2) is 0 Å². The Kier molecular flexibility index (Phi) is 3.91. The molecule has 2 atom stereocenters. The minimum absolute atomic E-state index is 0.0119. The van der Waals surface area contributed by atoms with Gasteiger partial charge in [-0.15, -0.1) is 0 Å². The highest BCUT2D eigenvalue weighted by atomic mass is 16.3. The maximum absolute atomic E-state index is 9.66. The summed E-state index contributed by atoms with van der Waals surface area (Å²) in [5, 5.41) is 9.66. The first kappa shape index (κ1) is 12.4. The molecular formula is C14H27NO. The highest BCUT2D eigenvalue weighted by molar-refractivity contribution is 4.94. The second-order valence-corrected chi connectivity index (χ2v) is 6.06. The summed E-state index contributed by atoms with van der Waals surface area (Å²) in [4.78, 5) is 2.61. The van der Waals surface area contributed by atoms with Gasteiger partial charge >= 0.3 is 0 Å². The van der Waals surface area contributed by atoms with Gasteiger partial charge in [0.2, 0.25) is 0 Å². The van der Waals surface area contributed by atoms with Crippen LogP contribution in [0.3, 0.4) is 0 Å². The van der Waals surface area contributed by atoms with Crippen LogP contribution in [-0.4, -0.2) is 35.7 Å². The standard InChI is InChI=1S/C14H27NO/c1-3-14(4-2)10-15(11-14)9-12-6-5-7-13(16)8-12/h12-13,16H,3-11H2,1-2H3. The molecule has 0 bridgehead atoms. The number of hydrogen-bond acceptors (Lipinski definition) is 2. The number of rotatable bonds is 4. The van der Waals surface area contributed by atoms with Crippen molar-refractivity contribution in [3.63, 3.8) is 0 Å². The summed E-state index contributed by atoms with van der Waals surface area (Å²) in [7, 11) is 0. The van der Waals surface area contributed by atoms with E-state index in [1.54, 1.807) is 0 Å². The van der Waals surface area contributed by atoms with Gasteiger partial charge in [-0.3, -0.25) is 0 Å².